The molecular formula is C24H17F6N5OS. The van der Waals surface area contributed by atoms with Crippen molar-refractivity contribution in [2.75, 3.05) is 11.1 Å². The number of pyridine rings is 1. The molecule has 6 nitrogen and oxygen atoms in total. The molecule has 192 valence electrons. The van der Waals surface area contributed by atoms with E-state index in [-0.39, 0.29) is 17.0 Å². The highest BCUT2D eigenvalue weighted by atomic mass is 32.2. The SMILES string of the molecule is Cc1ccc(-n2c(SCC(=O)Nc3cc(C(F)(F)F)cc(C(F)(F)F)c3)nnc2-c2ccccn2)cc1. The lowest BCUT2D eigenvalue weighted by Crippen LogP contribution is -2.17. The first-order valence-electron chi connectivity index (χ1n) is 10.6. The standard InChI is InChI=1S/C24H17F6N5OS/c1-14-5-7-18(8-6-14)35-21(19-4-2-3-9-31-19)33-34-22(35)37-13-20(36)32-17-11-15(23(25,26)27)10-16(12-17)24(28,29)30/h2-12H,13H2,1H3,(H,32,36). The first kappa shape index (κ1) is 26.2. The number of alkyl halides is 6. The van der Waals surface area contributed by atoms with Gasteiger partial charge in [0, 0.05) is 17.6 Å². The first-order chi connectivity index (χ1) is 17.4. The van der Waals surface area contributed by atoms with Crippen LogP contribution in [0, 0.1) is 6.92 Å². The second-order valence-corrected chi connectivity index (χ2v) is 8.77. The third-order valence-corrected chi connectivity index (χ3v) is 5.95. The normalized spacial score (nSPS) is 12.0. The molecule has 4 rings (SSSR count). The number of nitrogens with one attached hydrogen (secondary N) is 1. The Balaban J connectivity index is 1.59. The fourth-order valence-corrected chi connectivity index (χ4v) is 4.06. The highest BCUT2D eigenvalue weighted by molar-refractivity contribution is 7.99. The zero-order chi connectivity index (χ0) is 26.8. The summed E-state index contributed by atoms with van der Waals surface area (Å²) in [6, 6.07) is 13.5. The summed E-state index contributed by atoms with van der Waals surface area (Å²) in [4.78, 5) is 16.8. The Morgan fingerprint density at radius 1 is 0.919 bits per heavy atom. The van der Waals surface area contributed by atoms with Gasteiger partial charge in [0.2, 0.25) is 5.91 Å². The maximum absolute atomic E-state index is 13.1. The van der Waals surface area contributed by atoms with Crippen LogP contribution in [0.5, 0.6) is 0 Å². The molecule has 0 saturated heterocycles. The molecule has 1 N–H and O–H groups in total. The molecule has 0 unspecified atom stereocenters. The van der Waals surface area contributed by atoms with Crippen LogP contribution in [0.3, 0.4) is 0 Å². The monoisotopic (exact) mass is 537 g/mol. The van der Waals surface area contributed by atoms with E-state index in [0.29, 0.717) is 29.3 Å². The number of aryl methyl sites for hydroxylation is 1. The number of rotatable bonds is 6. The van der Waals surface area contributed by atoms with Crippen LogP contribution in [0.25, 0.3) is 17.2 Å². The molecule has 37 heavy (non-hydrogen) atoms. The Labute approximate surface area is 210 Å². The second kappa shape index (κ2) is 10.2. The number of amides is 1. The smallest absolute Gasteiger partial charge is 0.325 e. The molecule has 2 heterocycles. The number of carbonyl (C=O) groups excluding carboxylic acids is 1. The van der Waals surface area contributed by atoms with Crippen molar-refractivity contribution in [2.24, 2.45) is 0 Å². The van der Waals surface area contributed by atoms with Gasteiger partial charge < -0.3 is 5.32 Å². The quantitative estimate of drug-likeness (QED) is 0.228. The molecule has 1 amide bonds. The highest BCUT2D eigenvalue weighted by Gasteiger charge is 2.37. The van der Waals surface area contributed by atoms with Gasteiger partial charge in [-0.2, -0.15) is 26.3 Å². The summed E-state index contributed by atoms with van der Waals surface area (Å²) in [6.45, 7) is 1.91. The van der Waals surface area contributed by atoms with Crippen LogP contribution in [-0.4, -0.2) is 31.4 Å². The Bertz CT molecular complexity index is 1370. The minimum atomic E-state index is -5.03. The molecule has 0 radical (unpaired) electrons. The van der Waals surface area contributed by atoms with Crippen molar-refractivity contribution in [1.82, 2.24) is 19.7 Å². The number of hydrogen-bond acceptors (Lipinski definition) is 5. The molecule has 2 aromatic heterocycles. The van der Waals surface area contributed by atoms with Crippen LogP contribution in [-0.2, 0) is 17.1 Å². The predicted octanol–water partition coefficient (Wildman–Crippen LogP) is 6.41. The van der Waals surface area contributed by atoms with E-state index < -0.39 is 35.1 Å². The van der Waals surface area contributed by atoms with Gasteiger partial charge in [0.15, 0.2) is 11.0 Å². The minimum Gasteiger partial charge on any atom is -0.325 e. The van der Waals surface area contributed by atoms with Crippen molar-refractivity contribution in [3.63, 3.8) is 0 Å². The van der Waals surface area contributed by atoms with Gasteiger partial charge >= 0.3 is 12.4 Å². The van der Waals surface area contributed by atoms with E-state index >= 15 is 0 Å². The zero-order valence-corrected chi connectivity index (χ0v) is 19.7. The molecule has 4 aromatic rings. The summed E-state index contributed by atoms with van der Waals surface area (Å²) in [5, 5.41) is 10.7. The lowest BCUT2D eigenvalue weighted by Gasteiger charge is -2.15. The zero-order valence-electron chi connectivity index (χ0n) is 18.9. The van der Waals surface area contributed by atoms with Gasteiger partial charge in [0.25, 0.3) is 0 Å². The summed E-state index contributed by atoms with van der Waals surface area (Å²) in [5.41, 5.74) is -1.48. The molecule has 2 aromatic carbocycles. The number of nitrogens with zero attached hydrogens (tertiary/aromatic N) is 4. The van der Waals surface area contributed by atoms with Gasteiger partial charge in [-0.05, 0) is 49.4 Å². The first-order valence-corrected chi connectivity index (χ1v) is 11.6. The van der Waals surface area contributed by atoms with Crippen molar-refractivity contribution < 1.29 is 31.1 Å². The third kappa shape index (κ3) is 6.28. The average molecular weight is 537 g/mol. The van der Waals surface area contributed by atoms with Crippen LogP contribution in [0.2, 0.25) is 0 Å². The van der Waals surface area contributed by atoms with E-state index in [4.69, 9.17) is 0 Å². The van der Waals surface area contributed by atoms with E-state index in [1.165, 1.54) is 0 Å². The Morgan fingerprint density at radius 3 is 2.14 bits per heavy atom. The summed E-state index contributed by atoms with van der Waals surface area (Å²) < 4.78 is 80.3. The number of carbonyl (C=O) groups is 1. The molecule has 0 spiro atoms. The Morgan fingerprint density at radius 2 is 1.57 bits per heavy atom. The molecule has 0 fully saturated rings. The maximum Gasteiger partial charge on any atom is 0.416 e. The van der Waals surface area contributed by atoms with Crippen molar-refractivity contribution in [1.29, 1.82) is 0 Å². The van der Waals surface area contributed by atoms with Crippen LogP contribution < -0.4 is 5.32 Å². The number of anilines is 1. The van der Waals surface area contributed by atoms with Crippen molar-refractivity contribution >= 4 is 23.4 Å². The lowest BCUT2D eigenvalue weighted by molar-refractivity contribution is -0.143. The van der Waals surface area contributed by atoms with Gasteiger partial charge in [-0.25, -0.2) is 0 Å². The van der Waals surface area contributed by atoms with Gasteiger partial charge in [0.05, 0.1) is 16.9 Å². The van der Waals surface area contributed by atoms with Gasteiger partial charge in [-0.3, -0.25) is 14.3 Å². The molecule has 0 aliphatic rings. The Hall–Kier alpha value is -3.87. The maximum atomic E-state index is 13.1. The molecule has 0 bridgehead atoms. The van der Waals surface area contributed by atoms with E-state index in [9.17, 15) is 31.1 Å². The number of benzene rings is 2. The Kier molecular flexibility index (Phi) is 7.25. The van der Waals surface area contributed by atoms with E-state index in [1.807, 2.05) is 31.2 Å². The fourth-order valence-electron chi connectivity index (χ4n) is 3.31. The highest BCUT2D eigenvalue weighted by Crippen LogP contribution is 2.37. The third-order valence-electron chi connectivity index (χ3n) is 5.02. The topological polar surface area (TPSA) is 72.7 Å². The van der Waals surface area contributed by atoms with E-state index in [0.717, 1.165) is 17.3 Å². The van der Waals surface area contributed by atoms with Crippen LogP contribution >= 0.6 is 11.8 Å². The largest absolute Gasteiger partial charge is 0.416 e. The van der Waals surface area contributed by atoms with E-state index in [2.05, 4.69) is 20.5 Å². The van der Waals surface area contributed by atoms with Crippen LogP contribution in [0.1, 0.15) is 16.7 Å². The molecule has 0 aliphatic carbocycles. The lowest BCUT2D eigenvalue weighted by atomic mass is 10.1. The van der Waals surface area contributed by atoms with Crippen molar-refractivity contribution in [3.05, 3.63) is 83.6 Å². The summed E-state index contributed by atoms with van der Waals surface area (Å²) in [5.74, 6) is -0.792. The average Bonchev–Trinajstić information content (AvgIpc) is 3.26. The molecule has 13 heteroatoms. The van der Waals surface area contributed by atoms with Crippen molar-refractivity contribution in [3.8, 4) is 17.2 Å². The van der Waals surface area contributed by atoms with E-state index in [1.54, 1.807) is 29.0 Å². The predicted molar refractivity (Wildman–Crippen MR) is 125 cm³/mol. The fraction of sp³-hybridized carbons (Fsp3) is 0.167. The second-order valence-electron chi connectivity index (χ2n) is 7.82. The molecule has 0 atom stereocenters. The number of hydrogen-bond donors (Lipinski definition) is 1. The molecule has 0 saturated carbocycles. The minimum absolute atomic E-state index is 0.00635. The summed E-state index contributed by atoms with van der Waals surface area (Å²) in [6.07, 6.45) is -8.47. The van der Waals surface area contributed by atoms with Crippen LogP contribution in [0.15, 0.2) is 72.0 Å². The summed E-state index contributed by atoms with van der Waals surface area (Å²) in [7, 11) is 0. The van der Waals surface area contributed by atoms with Gasteiger partial charge in [-0.1, -0.05) is 35.5 Å². The van der Waals surface area contributed by atoms with Crippen molar-refractivity contribution in [2.45, 2.75) is 24.4 Å². The van der Waals surface area contributed by atoms with Crippen LogP contribution in [0.4, 0.5) is 32.0 Å². The number of halogens is 6. The van der Waals surface area contributed by atoms with Gasteiger partial charge in [-0.15, -0.1) is 10.2 Å². The van der Waals surface area contributed by atoms with Gasteiger partial charge in [0.1, 0.15) is 5.69 Å². The molecular weight excluding hydrogens is 520 g/mol. The number of thioether (sulfide) groups is 1. The number of aromatic nitrogens is 4. The summed E-state index contributed by atoms with van der Waals surface area (Å²) >= 11 is 0.914. The molecule has 0 aliphatic heterocycles.